The highest BCUT2D eigenvalue weighted by atomic mass is 127. The molecule has 1 aromatic carbocycles. The zero-order valence-corrected chi connectivity index (χ0v) is 20.3. The lowest BCUT2D eigenvalue weighted by atomic mass is 10.1. The molecule has 1 saturated heterocycles. The van der Waals surface area contributed by atoms with Crippen LogP contribution in [0.5, 0.6) is 0 Å². The molecule has 1 aliphatic heterocycles. The molecule has 3 rings (SSSR count). The second-order valence-corrected chi connectivity index (χ2v) is 7.56. The smallest absolute Gasteiger partial charge is 0.193 e. The van der Waals surface area contributed by atoms with Crippen LogP contribution in [0.25, 0.3) is 0 Å². The number of anilines is 1. The molecule has 6 nitrogen and oxygen atoms in total. The molecule has 0 radical (unpaired) electrons. The Morgan fingerprint density at radius 2 is 1.83 bits per heavy atom. The first-order valence-electron chi connectivity index (χ1n) is 9.62. The van der Waals surface area contributed by atoms with Crippen molar-refractivity contribution in [2.45, 2.75) is 6.04 Å². The first-order chi connectivity index (χ1) is 13.6. The quantitative estimate of drug-likeness (QED) is 0.366. The third-order valence-corrected chi connectivity index (χ3v) is 5.35. The maximum absolute atomic E-state index is 6.04. The second-order valence-electron chi connectivity index (χ2n) is 7.12. The normalized spacial score (nSPS) is 15.8. The summed E-state index contributed by atoms with van der Waals surface area (Å²) in [6.45, 7) is 4.49. The highest BCUT2D eigenvalue weighted by molar-refractivity contribution is 14.0. The summed E-state index contributed by atoms with van der Waals surface area (Å²) in [7, 11) is 6.03. The van der Waals surface area contributed by atoms with Crippen LogP contribution in [-0.4, -0.2) is 74.6 Å². The number of nitrogens with zero attached hydrogens (tertiary/aromatic N) is 5. The van der Waals surface area contributed by atoms with Gasteiger partial charge < -0.3 is 20.0 Å². The molecule has 1 aromatic heterocycles. The minimum atomic E-state index is 0. The van der Waals surface area contributed by atoms with Crippen LogP contribution in [0.15, 0.2) is 53.7 Å². The fourth-order valence-corrected chi connectivity index (χ4v) is 3.62. The molecule has 158 valence electrons. The zero-order chi connectivity index (χ0) is 19.9. The van der Waals surface area contributed by atoms with E-state index >= 15 is 0 Å². The van der Waals surface area contributed by atoms with Crippen molar-refractivity contribution in [2.24, 2.45) is 4.99 Å². The van der Waals surface area contributed by atoms with Crippen molar-refractivity contribution >= 4 is 47.4 Å². The molecule has 0 aliphatic carbocycles. The molecule has 0 amide bonds. The molecule has 2 heterocycles. The average molecular weight is 529 g/mol. The number of rotatable bonds is 5. The summed E-state index contributed by atoms with van der Waals surface area (Å²) in [4.78, 5) is 15.8. The molecule has 0 spiro atoms. The number of hydrogen-bond donors (Lipinski definition) is 1. The number of guanidine groups is 1. The molecule has 1 unspecified atom stereocenters. The van der Waals surface area contributed by atoms with E-state index in [0.717, 1.165) is 49.5 Å². The van der Waals surface area contributed by atoms with Crippen molar-refractivity contribution in [3.63, 3.8) is 0 Å². The zero-order valence-electron chi connectivity index (χ0n) is 17.3. The number of benzene rings is 1. The second kappa shape index (κ2) is 11.6. The number of nitrogens with one attached hydrogen (secondary N) is 1. The lowest BCUT2D eigenvalue weighted by Crippen LogP contribution is -2.53. The number of halogens is 2. The highest BCUT2D eigenvalue weighted by Crippen LogP contribution is 2.20. The third-order valence-electron chi connectivity index (χ3n) is 5.10. The molecule has 2 aromatic rings. The van der Waals surface area contributed by atoms with E-state index in [2.05, 4.69) is 62.3 Å². The van der Waals surface area contributed by atoms with E-state index in [4.69, 9.17) is 11.6 Å². The van der Waals surface area contributed by atoms with Gasteiger partial charge >= 0.3 is 0 Å². The van der Waals surface area contributed by atoms with Crippen LogP contribution in [0.3, 0.4) is 0 Å². The van der Waals surface area contributed by atoms with Crippen molar-refractivity contribution in [1.82, 2.24) is 20.1 Å². The Hall–Kier alpha value is -1.58. The first kappa shape index (κ1) is 23.7. The summed E-state index contributed by atoms with van der Waals surface area (Å²) in [5, 5.41) is 4.32. The lowest BCUT2D eigenvalue weighted by molar-refractivity contribution is 0.292. The van der Waals surface area contributed by atoms with E-state index in [1.54, 1.807) is 0 Å². The van der Waals surface area contributed by atoms with Gasteiger partial charge in [0.2, 0.25) is 0 Å². The molecule has 1 atom stereocenters. The maximum Gasteiger partial charge on any atom is 0.193 e. The molecular formula is C21H30ClIN6. The molecule has 8 heteroatoms. The number of hydrogen-bond acceptors (Lipinski definition) is 4. The Morgan fingerprint density at radius 1 is 1.14 bits per heavy atom. The highest BCUT2D eigenvalue weighted by Gasteiger charge is 2.22. The van der Waals surface area contributed by atoms with Gasteiger partial charge in [-0.05, 0) is 43.9 Å². The van der Waals surface area contributed by atoms with Crippen LogP contribution in [0.4, 0.5) is 5.82 Å². The van der Waals surface area contributed by atoms with Gasteiger partial charge in [0.1, 0.15) is 5.82 Å². The molecule has 29 heavy (non-hydrogen) atoms. The predicted molar refractivity (Wildman–Crippen MR) is 133 cm³/mol. The number of piperazine rings is 1. The monoisotopic (exact) mass is 528 g/mol. The number of pyridine rings is 1. The van der Waals surface area contributed by atoms with Gasteiger partial charge in [-0.1, -0.05) is 29.8 Å². The minimum Gasteiger partial charge on any atom is -0.354 e. The summed E-state index contributed by atoms with van der Waals surface area (Å²) in [6.07, 6.45) is 1.85. The first-order valence-corrected chi connectivity index (χ1v) is 9.99. The number of aliphatic imine (C=N–C) groups is 1. The van der Waals surface area contributed by atoms with Gasteiger partial charge in [-0.15, -0.1) is 24.0 Å². The van der Waals surface area contributed by atoms with Crippen molar-refractivity contribution < 1.29 is 0 Å². The largest absolute Gasteiger partial charge is 0.354 e. The van der Waals surface area contributed by atoms with Crippen LogP contribution in [0, 0.1) is 0 Å². The van der Waals surface area contributed by atoms with Crippen LogP contribution < -0.4 is 10.2 Å². The van der Waals surface area contributed by atoms with E-state index in [9.17, 15) is 0 Å². The SMILES string of the molecule is CN=C(NCC(c1ccc(Cl)cc1)N(C)C)N1CCN(c2ccccn2)CC1.I. The van der Waals surface area contributed by atoms with E-state index < -0.39 is 0 Å². The predicted octanol–water partition coefficient (Wildman–Crippen LogP) is 3.35. The van der Waals surface area contributed by atoms with Crippen molar-refractivity contribution in [3.8, 4) is 0 Å². The number of aromatic nitrogens is 1. The number of likely N-dealkylation sites (N-methyl/N-ethyl adjacent to an activating group) is 1. The van der Waals surface area contributed by atoms with Gasteiger partial charge in [-0.3, -0.25) is 4.99 Å². The molecule has 1 N–H and O–H groups in total. The Labute approximate surface area is 196 Å². The Balaban J connectivity index is 0.00000300. The van der Waals surface area contributed by atoms with Gasteiger partial charge in [0.05, 0.1) is 6.04 Å². The van der Waals surface area contributed by atoms with Crippen LogP contribution in [0.2, 0.25) is 5.02 Å². The lowest BCUT2D eigenvalue weighted by Gasteiger charge is -2.37. The van der Waals surface area contributed by atoms with Gasteiger partial charge in [0.25, 0.3) is 0 Å². The fraction of sp³-hybridized carbons (Fsp3) is 0.429. The van der Waals surface area contributed by atoms with Crippen molar-refractivity contribution in [1.29, 1.82) is 0 Å². The Bertz CT molecular complexity index is 761. The minimum absolute atomic E-state index is 0. The topological polar surface area (TPSA) is 47.0 Å². The van der Waals surface area contributed by atoms with Gasteiger partial charge in [0, 0.05) is 51.0 Å². The third kappa shape index (κ3) is 6.45. The summed E-state index contributed by atoms with van der Waals surface area (Å²) in [5.41, 5.74) is 1.23. The summed E-state index contributed by atoms with van der Waals surface area (Å²) in [5.74, 6) is 1.99. The molecular weight excluding hydrogens is 499 g/mol. The van der Waals surface area contributed by atoms with Gasteiger partial charge in [-0.25, -0.2) is 4.98 Å². The van der Waals surface area contributed by atoms with E-state index in [0.29, 0.717) is 0 Å². The van der Waals surface area contributed by atoms with E-state index in [-0.39, 0.29) is 30.0 Å². The molecule has 1 aliphatic rings. The van der Waals surface area contributed by atoms with Crippen LogP contribution >= 0.6 is 35.6 Å². The molecule has 1 fully saturated rings. The fourth-order valence-electron chi connectivity index (χ4n) is 3.49. The van der Waals surface area contributed by atoms with Gasteiger partial charge in [0.15, 0.2) is 5.96 Å². The average Bonchev–Trinajstić information content (AvgIpc) is 2.73. The van der Waals surface area contributed by atoms with Gasteiger partial charge in [-0.2, -0.15) is 0 Å². The standard InChI is InChI=1S/C21H29ClN6.HI/c1-23-21(25-16-19(26(2)3)17-7-9-18(22)10-8-17)28-14-12-27(13-15-28)20-6-4-5-11-24-20;/h4-11,19H,12-16H2,1-3H3,(H,23,25);1H. The summed E-state index contributed by atoms with van der Waals surface area (Å²) >= 11 is 6.04. The maximum atomic E-state index is 6.04. The van der Waals surface area contributed by atoms with E-state index in [1.807, 2.05) is 37.5 Å². The Kier molecular flexibility index (Phi) is 9.45. The molecule has 0 saturated carbocycles. The Morgan fingerprint density at radius 3 is 2.38 bits per heavy atom. The summed E-state index contributed by atoms with van der Waals surface area (Å²) < 4.78 is 0. The van der Waals surface area contributed by atoms with Crippen LogP contribution in [-0.2, 0) is 0 Å². The van der Waals surface area contributed by atoms with Crippen molar-refractivity contribution in [3.05, 3.63) is 59.2 Å². The summed E-state index contributed by atoms with van der Waals surface area (Å²) in [6, 6.07) is 14.4. The molecule has 0 bridgehead atoms. The van der Waals surface area contributed by atoms with Crippen molar-refractivity contribution in [2.75, 3.05) is 58.8 Å². The van der Waals surface area contributed by atoms with E-state index in [1.165, 1.54) is 5.56 Å². The van der Waals surface area contributed by atoms with Crippen LogP contribution in [0.1, 0.15) is 11.6 Å².